The van der Waals surface area contributed by atoms with Crippen molar-refractivity contribution in [2.24, 2.45) is 0 Å². The van der Waals surface area contributed by atoms with E-state index in [2.05, 4.69) is 15.5 Å². The van der Waals surface area contributed by atoms with Gasteiger partial charge in [0.05, 0.1) is 11.4 Å². The molecule has 1 aromatic heterocycles. The number of aromatic nitrogens is 3. The number of amides is 1. The Bertz CT molecular complexity index is 1250. The number of rotatable bonds is 7. The molecule has 0 aliphatic heterocycles. The van der Waals surface area contributed by atoms with Gasteiger partial charge < -0.3 is 15.9 Å². The molecule has 0 saturated carbocycles. The van der Waals surface area contributed by atoms with E-state index in [1.54, 1.807) is 42.5 Å². The van der Waals surface area contributed by atoms with Gasteiger partial charge in [-0.15, -0.1) is 10.2 Å². The number of nitrogen functional groups attached to an aromatic ring is 1. The van der Waals surface area contributed by atoms with Crippen molar-refractivity contribution in [3.63, 3.8) is 0 Å². The number of nitrogens with one attached hydrogen (secondary N) is 1. The molecule has 32 heavy (non-hydrogen) atoms. The average molecular weight is 470 g/mol. The summed E-state index contributed by atoms with van der Waals surface area (Å²) in [6.07, 6.45) is 0. The van der Waals surface area contributed by atoms with Gasteiger partial charge in [-0.1, -0.05) is 53.7 Å². The monoisotopic (exact) mass is 469 g/mol. The number of hydrogen-bond donors (Lipinski definition) is 2. The van der Waals surface area contributed by atoms with Crippen LogP contribution in [0.1, 0.15) is 0 Å². The van der Waals surface area contributed by atoms with Crippen LogP contribution in [0.25, 0.3) is 11.4 Å². The van der Waals surface area contributed by atoms with Crippen LogP contribution in [0, 0.1) is 5.82 Å². The molecule has 3 N–H and O–H groups in total. The predicted octanol–water partition coefficient (Wildman–Crippen LogP) is 4.97. The minimum Gasteiger partial charge on any atom is -0.455 e. The zero-order valence-electron chi connectivity index (χ0n) is 16.5. The molecule has 162 valence electrons. The highest BCUT2D eigenvalue weighted by Gasteiger charge is 2.15. The number of halogens is 2. The topological polar surface area (TPSA) is 95.1 Å². The van der Waals surface area contributed by atoms with E-state index in [1.165, 1.54) is 16.8 Å². The highest BCUT2D eigenvalue weighted by Crippen LogP contribution is 2.32. The number of thioether (sulfide) groups is 1. The van der Waals surface area contributed by atoms with Gasteiger partial charge in [-0.3, -0.25) is 4.79 Å². The first-order valence-electron chi connectivity index (χ1n) is 9.41. The molecule has 4 rings (SSSR count). The largest absolute Gasteiger partial charge is 0.455 e. The number of nitrogens with zero attached hydrogens (tertiary/aromatic N) is 3. The second-order valence-corrected chi connectivity index (χ2v) is 7.96. The molecule has 0 saturated heterocycles. The van der Waals surface area contributed by atoms with Crippen molar-refractivity contribution in [1.29, 1.82) is 0 Å². The van der Waals surface area contributed by atoms with Crippen LogP contribution >= 0.6 is 23.4 Å². The second-order valence-electron chi connectivity index (χ2n) is 6.58. The third-order valence-corrected chi connectivity index (χ3v) is 5.44. The summed E-state index contributed by atoms with van der Waals surface area (Å²) in [7, 11) is 0. The second kappa shape index (κ2) is 9.71. The Morgan fingerprint density at radius 1 is 1.09 bits per heavy atom. The lowest BCUT2D eigenvalue weighted by atomic mass is 10.2. The maximum Gasteiger partial charge on any atom is 0.234 e. The first-order valence-corrected chi connectivity index (χ1v) is 10.8. The summed E-state index contributed by atoms with van der Waals surface area (Å²) in [6, 6.07) is 20.0. The Morgan fingerprint density at radius 2 is 1.91 bits per heavy atom. The van der Waals surface area contributed by atoms with Gasteiger partial charge in [-0.2, -0.15) is 0 Å². The molecular formula is C22H17ClFN5O2S. The van der Waals surface area contributed by atoms with Gasteiger partial charge in [0, 0.05) is 10.6 Å². The molecule has 1 amide bonds. The van der Waals surface area contributed by atoms with Crippen molar-refractivity contribution in [3.8, 4) is 22.9 Å². The Balaban J connectivity index is 1.43. The summed E-state index contributed by atoms with van der Waals surface area (Å²) in [5.74, 6) is 6.69. The van der Waals surface area contributed by atoms with E-state index < -0.39 is 5.82 Å². The van der Waals surface area contributed by atoms with Crippen LogP contribution in [0.4, 0.5) is 10.1 Å². The number of nitrogens with two attached hydrogens (primary N) is 1. The predicted molar refractivity (Wildman–Crippen MR) is 123 cm³/mol. The summed E-state index contributed by atoms with van der Waals surface area (Å²) in [5.41, 5.74) is 0.916. The van der Waals surface area contributed by atoms with E-state index in [1.807, 2.05) is 18.2 Å². The van der Waals surface area contributed by atoms with E-state index in [4.69, 9.17) is 22.2 Å². The Morgan fingerprint density at radius 3 is 2.69 bits per heavy atom. The summed E-state index contributed by atoms with van der Waals surface area (Å²) in [6.45, 7) is 0. The van der Waals surface area contributed by atoms with Crippen molar-refractivity contribution in [2.75, 3.05) is 16.9 Å². The third-order valence-electron chi connectivity index (χ3n) is 4.27. The Hall–Kier alpha value is -3.56. The van der Waals surface area contributed by atoms with Crippen LogP contribution in [0.2, 0.25) is 5.02 Å². The molecule has 0 aliphatic carbocycles. The van der Waals surface area contributed by atoms with Crippen LogP contribution in [0.15, 0.2) is 78.0 Å². The van der Waals surface area contributed by atoms with Gasteiger partial charge in [0.15, 0.2) is 11.6 Å². The number of para-hydroxylation sites is 1. The standard InChI is InChI=1S/C22H17ClFN5O2S/c23-15-9-10-19(31-17-7-2-1-3-8-17)18(12-15)26-20(30)13-32-22-28-27-21(29(22)25)14-5-4-6-16(24)11-14/h1-12H,13,25H2,(H,26,30). The molecule has 0 unspecified atom stereocenters. The fraction of sp³-hybridized carbons (Fsp3) is 0.0455. The summed E-state index contributed by atoms with van der Waals surface area (Å²) >= 11 is 7.19. The van der Waals surface area contributed by atoms with Gasteiger partial charge in [0.1, 0.15) is 11.6 Å². The molecule has 4 aromatic rings. The maximum absolute atomic E-state index is 13.5. The van der Waals surface area contributed by atoms with Gasteiger partial charge in [0.2, 0.25) is 11.1 Å². The van der Waals surface area contributed by atoms with Gasteiger partial charge in [-0.25, -0.2) is 9.07 Å². The molecule has 0 atom stereocenters. The Kier molecular flexibility index (Phi) is 6.58. The SMILES string of the molecule is Nn1c(SCC(=O)Nc2cc(Cl)ccc2Oc2ccccc2)nnc1-c1cccc(F)c1. The number of hydrogen-bond acceptors (Lipinski definition) is 6. The quantitative estimate of drug-likeness (QED) is 0.293. The molecule has 0 spiro atoms. The number of carbonyl (C=O) groups is 1. The number of anilines is 1. The molecule has 1 heterocycles. The van der Waals surface area contributed by atoms with Crippen LogP contribution < -0.4 is 15.9 Å². The lowest BCUT2D eigenvalue weighted by Crippen LogP contribution is -2.16. The molecule has 0 bridgehead atoms. The van der Waals surface area contributed by atoms with Crippen LogP contribution in [0.3, 0.4) is 0 Å². The van der Waals surface area contributed by atoms with Crippen molar-refractivity contribution < 1.29 is 13.9 Å². The lowest BCUT2D eigenvalue weighted by molar-refractivity contribution is -0.113. The first-order chi connectivity index (χ1) is 15.5. The third kappa shape index (κ3) is 5.19. The molecule has 0 fully saturated rings. The van der Waals surface area contributed by atoms with E-state index >= 15 is 0 Å². The van der Waals surface area contributed by atoms with E-state index in [-0.39, 0.29) is 11.7 Å². The number of ether oxygens (including phenoxy) is 1. The first kappa shape index (κ1) is 21.7. The summed E-state index contributed by atoms with van der Waals surface area (Å²) in [4.78, 5) is 12.6. The zero-order chi connectivity index (χ0) is 22.5. The summed E-state index contributed by atoms with van der Waals surface area (Å²) < 4.78 is 20.5. The van der Waals surface area contributed by atoms with Crippen LogP contribution in [-0.4, -0.2) is 26.5 Å². The Labute approximate surface area is 192 Å². The maximum atomic E-state index is 13.5. The van der Waals surface area contributed by atoms with Crippen LogP contribution in [0.5, 0.6) is 11.5 Å². The van der Waals surface area contributed by atoms with E-state index in [0.29, 0.717) is 38.8 Å². The van der Waals surface area contributed by atoms with Gasteiger partial charge >= 0.3 is 0 Å². The normalized spacial score (nSPS) is 10.7. The van der Waals surface area contributed by atoms with E-state index in [0.717, 1.165) is 11.8 Å². The smallest absolute Gasteiger partial charge is 0.234 e. The highest BCUT2D eigenvalue weighted by molar-refractivity contribution is 7.99. The molecule has 0 radical (unpaired) electrons. The molecule has 0 aliphatic rings. The van der Waals surface area contributed by atoms with Crippen molar-refractivity contribution in [3.05, 3.63) is 83.6 Å². The minimum atomic E-state index is -0.408. The molecule has 10 heteroatoms. The fourth-order valence-corrected chi connectivity index (χ4v) is 3.65. The van der Waals surface area contributed by atoms with Gasteiger partial charge in [0.25, 0.3) is 0 Å². The zero-order valence-corrected chi connectivity index (χ0v) is 18.1. The minimum absolute atomic E-state index is 0.00970. The number of carbonyl (C=O) groups excluding carboxylic acids is 1. The fourth-order valence-electron chi connectivity index (χ4n) is 2.82. The average Bonchev–Trinajstić information content (AvgIpc) is 3.15. The van der Waals surface area contributed by atoms with Crippen LogP contribution in [-0.2, 0) is 4.79 Å². The van der Waals surface area contributed by atoms with Crippen molar-refractivity contribution >= 4 is 35.0 Å². The highest BCUT2D eigenvalue weighted by atomic mass is 35.5. The summed E-state index contributed by atoms with van der Waals surface area (Å²) in [5, 5.41) is 11.5. The molecular weight excluding hydrogens is 453 g/mol. The van der Waals surface area contributed by atoms with Crippen molar-refractivity contribution in [1.82, 2.24) is 14.9 Å². The van der Waals surface area contributed by atoms with Gasteiger partial charge in [-0.05, 0) is 42.5 Å². The number of benzene rings is 3. The van der Waals surface area contributed by atoms with Crippen molar-refractivity contribution in [2.45, 2.75) is 5.16 Å². The molecule has 3 aromatic carbocycles. The molecule has 7 nitrogen and oxygen atoms in total. The van der Waals surface area contributed by atoms with E-state index in [9.17, 15) is 9.18 Å². The lowest BCUT2D eigenvalue weighted by Gasteiger charge is -2.12.